The topological polar surface area (TPSA) is 12.9 Å². The van der Waals surface area contributed by atoms with E-state index in [1.165, 1.54) is 19.9 Å². The standard InChI is InChI=1S/C10H8IN/c1-7-9-4-5-12-6-8(9)2-3-10(7)11/h2-6H,1H3. The van der Waals surface area contributed by atoms with Gasteiger partial charge in [-0.2, -0.15) is 0 Å². The number of pyridine rings is 1. The second-order valence-corrected chi connectivity index (χ2v) is 3.93. The Morgan fingerprint density at radius 1 is 1.25 bits per heavy atom. The Balaban J connectivity index is 2.91. The number of hydrogen-bond acceptors (Lipinski definition) is 1. The lowest BCUT2D eigenvalue weighted by Gasteiger charge is -2.02. The van der Waals surface area contributed by atoms with Crippen LogP contribution in [0.4, 0.5) is 0 Å². The number of halogens is 1. The Bertz CT molecular complexity index is 423. The van der Waals surface area contributed by atoms with Crippen LogP contribution in [0.15, 0.2) is 30.6 Å². The second kappa shape index (κ2) is 3.01. The zero-order valence-corrected chi connectivity index (χ0v) is 8.87. The maximum Gasteiger partial charge on any atom is 0.0346 e. The fourth-order valence-electron chi connectivity index (χ4n) is 1.30. The van der Waals surface area contributed by atoms with E-state index >= 15 is 0 Å². The lowest BCUT2D eigenvalue weighted by Crippen LogP contribution is -1.83. The molecule has 1 nitrogen and oxygen atoms in total. The van der Waals surface area contributed by atoms with Crippen LogP contribution in [0, 0.1) is 10.5 Å². The van der Waals surface area contributed by atoms with Gasteiger partial charge in [-0.3, -0.25) is 4.98 Å². The van der Waals surface area contributed by atoms with Crippen LogP contribution in [0.5, 0.6) is 0 Å². The first kappa shape index (κ1) is 7.98. The van der Waals surface area contributed by atoms with Gasteiger partial charge in [0.15, 0.2) is 0 Å². The van der Waals surface area contributed by atoms with Crippen LogP contribution in [-0.4, -0.2) is 4.98 Å². The highest BCUT2D eigenvalue weighted by Gasteiger charge is 1.99. The zero-order valence-electron chi connectivity index (χ0n) is 6.71. The highest BCUT2D eigenvalue weighted by atomic mass is 127. The molecular formula is C10H8IN. The third kappa shape index (κ3) is 1.20. The van der Waals surface area contributed by atoms with Crippen molar-refractivity contribution < 1.29 is 0 Å². The molecule has 2 aromatic rings. The molecule has 12 heavy (non-hydrogen) atoms. The Labute approximate surface area is 85.0 Å². The molecular weight excluding hydrogens is 261 g/mol. The van der Waals surface area contributed by atoms with Crippen molar-refractivity contribution in [1.29, 1.82) is 0 Å². The fourth-order valence-corrected chi connectivity index (χ4v) is 1.77. The number of aromatic nitrogens is 1. The van der Waals surface area contributed by atoms with Crippen molar-refractivity contribution in [1.82, 2.24) is 4.98 Å². The molecule has 2 heteroatoms. The van der Waals surface area contributed by atoms with Gasteiger partial charge in [0, 0.05) is 21.4 Å². The molecule has 0 atom stereocenters. The maximum atomic E-state index is 4.08. The summed E-state index contributed by atoms with van der Waals surface area (Å²) in [6, 6.07) is 6.30. The van der Waals surface area contributed by atoms with Crippen molar-refractivity contribution in [3.8, 4) is 0 Å². The van der Waals surface area contributed by atoms with Crippen LogP contribution in [0.2, 0.25) is 0 Å². The molecule has 0 amide bonds. The number of benzene rings is 1. The smallest absolute Gasteiger partial charge is 0.0346 e. The molecule has 0 N–H and O–H groups in total. The van der Waals surface area contributed by atoms with Crippen molar-refractivity contribution in [2.45, 2.75) is 6.92 Å². The molecule has 1 aromatic heterocycles. The van der Waals surface area contributed by atoms with Crippen molar-refractivity contribution in [3.63, 3.8) is 0 Å². The highest BCUT2D eigenvalue weighted by Crippen LogP contribution is 2.21. The molecule has 0 aliphatic heterocycles. The largest absolute Gasteiger partial charge is 0.264 e. The molecule has 0 unspecified atom stereocenters. The van der Waals surface area contributed by atoms with E-state index in [1.54, 1.807) is 0 Å². The fraction of sp³-hybridized carbons (Fsp3) is 0.100. The minimum Gasteiger partial charge on any atom is -0.264 e. The summed E-state index contributed by atoms with van der Waals surface area (Å²) in [5.41, 5.74) is 1.34. The van der Waals surface area contributed by atoms with Gasteiger partial charge in [-0.1, -0.05) is 6.07 Å². The van der Waals surface area contributed by atoms with Gasteiger partial charge in [0.2, 0.25) is 0 Å². The summed E-state index contributed by atoms with van der Waals surface area (Å²) in [5.74, 6) is 0. The minimum atomic E-state index is 1.22. The maximum absolute atomic E-state index is 4.08. The molecule has 0 aliphatic rings. The van der Waals surface area contributed by atoms with Crippen LogP contribution in [-0.2, 0) is 0 Å². The Kier molecular flexibility index (Phi) is 2.00. The summed E-state index contributed by atoms with van der Waals surface area (Å²) in [4.78, 5) is 4.08. The summed E-state index contributed by atoms with van der Waals surface area (Å²) in [6.07, 6.45) is 3.74. The Morgan fingerprint density at radius 3 is 2.92 bits per heavy atom. The molecule has 0 saturated carbocycles. The van der Waals surface area contributed by atoms with Crippen LogP contribution in [0.25, 0.3) is 10.8 Å². The number of hydrogen-bond donors (Lipinski definition) is 0. The predicted molar refractivity (Wildman–Crippen MR) is 59.2 cm³/mol. The molecule has 0 radical (unpaired) electrons. The van der Waals surface area contributed by atoms with E-state index in [0.717, 1.165) is 0 Å². The molecule has 0 bridgehead atoms. The van der Waals surface area contributed by atoms with Gasteiger partial charge in [0.1, 0.15) is 0 Å². The second-order valence-electron chi connectivity index (χ2n) is 2.77. The third-order valence-electron chi connectivity index (χ3n) is 2.02. The van der Waals surface area contributed by atoms with E-state index in [1.807, 2.05) is 12.4 Å². The van der Waals surface area contributed by atoms with E-state index in [4.69, 9.17) is 0 Å². The van der Waals surface area contributed by atoms with Gasteiger partial charge >= 0.3 is 0 Å². The normalized spacial score (nSPS) is 10.5. The van der Waals surface area contributed by atoms with E-state index in [0.29, 0.717) is 0 Å². The first-order valence-corrected chi connectivity index (χ1v) is 4.86. The van der Waals surface area contributed by atoms with Gasteiger partial charge in [-0.05, 0) is 52.6 Å². The molecule has 60 valence electrons. The minimum absolute atomic E-state index is 1.22. The van der Waals surface area contributed by atoms with Crippen LogP contribution >= 0.6 is 22.6 Å². The predicted octanol–water partition coefficient (Wildman–Crippen LogP) is 3.15. The van der Waals surface area contributed by atoms with Crippen LogP contribution < -0.4 is 0 Å². The molecule has 0 fully saturated rings. The van der Waals surface area contributed by atoms with Gasteiger partial charge in [0.25, 0.3) is 0 Å². The van der Waals surface area contributed by atoms with Crippen molar-refractivity contribution in [3.05, 3.63) is 39.7 Å². The molecule has 0 saturated heterocycles. The number of nitrogens with zero attached hydrogens (tertiary/aromatic N) is 1. The Hall–Kier alpha value is -0.640. The molecule has 0 aliphatic carbocycles. The monoisotopic (exact) mass is 269 g/mol. The van der Waals surface area contributed by atoms with E-state index in [9.17, 15) is 0 Å². The number of rotatable bonds is 0. The Morgan fingerprint density at radius 2 is 2.08 bits per heavy atom. The molecule has 2 rings (SSSR count). The SMILES string of the molecule is Cc1c(I)ccc2cnccc12. The van der Waals surface area contributed by atoms with Gasteiger partial charge in [0.05, 0.1) is 0 Å². The summed E-state index contributed by atoms with van der Waals surface area (Å²) >= 11 is 2.35. The van der Waals surface area contributed by atoms with Crippen molar-refractivity contribution >= 4 is 33.4 Å². The van der Waals surface area contributed by atoms with E-state index in [-0.39, 0.29) is 0 Å². The summed E-state index contributed by atoms with van der Waals surface area (Å²) < 4.78 is 1.31. The summed E-state index contributed by atoms with van der Waals surface area (Å²) in [5, 5.41) is 2.52. The quantitative estimate of drug-likeness (QED) is 0.669. The van der Waals surface area contributed by atoms with Gasteiger partial charge in [-0.25, -0.2) is 0 Å². The third-order valence-corrected chi connectivity index (χ3v) is 3.19. The van der Waals surface area contributed by atoms with Crippen molar-refractivity contribution in [2.24, 2.45) is 0 Å². The number of fused-ring (bicyclic) bond motifs is 1. The lowest BCUT2D eigenvalue weighted by molar-refractivity contribution is 1.35. The summed E-state index contributed by atoms with van der Waals surface area (Å²) in [6.45, 7) is 2.14. The highest BCUT2D eigenvalue weighted by molar-refractivity contribution is 14.1. The van der Waals surface area contributed by atoms with Crippen molar-refractivity contribution in [2.75, 3.05) is 0 Å². The van der Waals surface area contributed by atoms with E-state index < -0.39 is 0 Å². The summed E-state index contributed by atoms with van der Waals surface area (Å²) in [7, 11) is 0. The average molecular weight is 269 g/mol. The molecule has 1 aromatic carbocycles. The lowest BCUT2D eigenvalue weighted by atomic mass is 10.1. The first-order chi connectivity index (χ1) is 5.79. The van der Waals surface area contributed by atoms with E-state index in [2.05, 4.69) is 52.7 Å². The van der Waals surface area contributed by atoms with Crippen LogP contribution in [0.1, 0.15) is 5.56 Å². The van der Waals surface area contributed by atoms with Gasteiger partial charge < -0.3 is 0 Å². The van der Waals surface area contributed by atoms with Crippen LogP contribution in [0.3, 0.4) is 0 Å². The van der Waals surface area contributed by atoms with Gasteiger partial charge in [-0.15, -0.1) is 0 Å². The molecule has 0 spiro atoms. The zero-order chi connectivity index (χ0) is 8.55. The average Bonchev–Trinajstić information content (AvgIpc) is 2.12. The number of aryl methyl sites for hydroxylation is 1. The molecule has 1 heterocycles. The first-order valence-electron chi connectivity index (χ1n) is 3.78.